The van der Waals surface area contributed by atoms with Crippen LogP contribution < -0.4 is 10.5 Å². The van der Waals surface area contributed by atoms with Gasteiger partial charge in [0, 0.05) is 12.1 Å². The summed E-state index contributed by atoms with van der Waals surface area (Å²) in [6.07, 6.45) is 6.38. The maximum Gasteiger partial charge on any atom is 0.238 e. The number of rotatable bonds is 5. The van der Waals surface area contributed by atoms with E-state index in [0.29, 0.717) is 6.04 Å². The molecule has 1 unspecified atom stereocenters. The molecule has 3 N–H and O–H groups in total. The van der Waals surface area contributed by atoms with Crippen molar-refractivity contribution in [1.82, 2.24) is 5.32 Å². The minimum Gasteiger partial charge on any atom is -0.307 e. The molecule has 118 valence electrons. The summed E-state index contributed by atoms with van der Waals surface area (Å²) in [6.45, 7) is 4.39. The first-order chi connectivity index (χ1) is 9.90. The lowest BCUT2D eigenvalue weighted by atomic mass is 9.84. The molecule has 0 amide bonds. The van der Waals surface area contributed by atoms with Crippen molar-refractivity contribution >= 4 is 10.0 Å². The van der Waals surface area contributed by atoms with E-state index in [1.165, 1.54) is 32.1 Å². The van der Waals surface area contributed by atoms with Gasteiger partial charge in [-0.1, -0.05) is 25.5 Å². The summed E-state index contributed by atoms with van der Waals surface area (Å²) in [7, 11) is -3.60. The quantitative estimate of drug-likeness (QED) is 0.878. The SMILES string of the molecule is CCC1CCC(NC(C)c2ccc(S(N)(=O)=O)cc2)CC1. The van der Waals surface area contributed by atoms with E-state index in [-0.39, 0.29) is 10.9 Å². The Morgan fingerprint density at radius 3 is 2.24 bits per heavy atom. The summed E-state index contributed by atoms with van der Waals surface area (Å²) in [5.74, 6) is 0.896. The molecule has 0 aromatic heterocycles. The number of nitrogens with two attached hydrogens (primary N) is 1. The van der Waals surface area contributed by atoms with E-state index in [1.54, 1.807) is 12.1 Å². The minimum atomic E-state index is -3.60. The van der Waals surface area contributed by atoms with E-state index in [2.05, 4.69) is 19.2 Å². The number of benzene rings is 1. The van der Waals surface area contributed by atoms with Crippen LogP contribution in [0, 0.1) is 5.92 Å². The van der Waals surface area contributed by atoms with Gasteiger partial charge in [0.1, 0.15) is 0 Å². The van der Waals surface area contributed by atoms with Crippen LogP contribution >= 0.6 is 0 Å². The molecule has 0 heterocycles. The Balaban J connectivity index is 1.93. The third kappa shape index (κ3) is 4.53. The highest BCUT2D eigenvalue weighted by molar-refractivity contribution is 7.89. The van der Waals surface area contributed by atoms with Crippen LogP contribution in [0.5, 0.6) is 0 Å². The first kappa shape index (κ1) is 16.5. The summed E-state index contributed by atoms with van der Waals surface area (Å²) in [4.78, 5) is 0.168. The number of primary sulfonamides is 1. The van der Waals surface area contributed by atoms with E-state index in [4.69, 9.17) is 5.14 Å². The normalized spacial score (nSPS) is 24.7. The van der Waals surface area contributed by atoms with Gasteiger partial charge in [-0.25, -0.2) is 13.6 Å². The monoisotopic (exact) mass is 310 g/mol. The van der Waals surface area contributed by atoms with Gasteiger partial charge in [0.05, 0.1) is 4.90 Å². The van der Waals surface area contributed by atoms with E-state index in [1.807, 2.05) is 12.1 Å². The van der Waals surface area contributed by atoms with Crippen molar-refractivity contribution in [2.45, 2.75) is 62.9 Å². The van der Waals surface area contributed by atoms with Crippen LogP contribution in [-0.2, 0) is 10.0 Å². The minimum absolute atomic E-state index is 0.168. The van der Waals surface area contributed by atoms with Crippen LogP contribution in [0.25, 0.3) is 0 Å². The fraction of sp³-hybridized carbons (Fsp3) is 0.625. The Kier molecular flexibility index (Phi) is 5.41. The zero-order valence-electron chi connectivity index (χ0n) is 12.9. The van der Waals surface area contributed by atoms with E-state index in [9.17, 15) is 8.42 Å². The smallest absolute Gasteiger partial charge is 0.238 e. The molecule has 1 fully saturated rings. The van der Waals surface area contributed by atoms with Gasteiger partial charge in [-0.15, -0.1) is 0 Å². The number of sulfonamides is 1. The number of hydrogen-bond acceptors (Lipinski definition) is 3. The molecule has 0 radical (unpaired) electrons. The van der Waals surface area contributed by atoms with E-state index in [0.717, 1.165) is 11.5 Å². The van der Waals surface area contributed by atoms with Gasteiger partial charge in [0.2, 0.25) is 10.0 Å². The topological polar surface area (TPSA) is 72.2 Å². The van der Waals surface area contributed by atoms with E-state index >= 15 is 0 Å². The van der Waals surface area contributed by atoms with Crippen molar-refractivity contribution in [2.75, 3.05) is 0 Å². The second-order valence-corrected chi connectivity index (χ2v) is 7.69. The highest BCUT2D eigenvalue weighted by Gasteiger charge is 2.21. The van der Waals surface area contributed by atoms with Crippen molar-refractivity contribution in [2.24, 2.45) is 11.1 Å². The standard InChI is InChI=1S/C16H26N2O2S/c1-3-13-4-8-15(9-5-13)18-12(2)14-6-10-16(11-7-14)21(17,19)20/h6-7,10-13,15,18H,3-5,8-9H2,1-2H3,(H2,17,19,20). The Morgan fingerprint density at radius 2 is 1.76 bits per heavy atom. The molecule has 1 aliphatic carbocycles. The zero-order valence-corrected chi connectivity index (χ0v) is 13.7. The summed E-state index contributed by atoms with van der Waals surface area (Å²) in [6, 6.07) is 7.64. The molecule has 0 aliphatic heterocycles. The van der Waals surface area contributed by atoms with Gasteiger partial charge >= 0.3 is 0 Å². The first-order valence-corrected chi connectivity index (χ1v) is 9.33. The highest BCUT2D eigenvalue weighted by atomic mass is 32.2. The summed E-state index contributed by atoms with van der Waals surface area (Å²) in [5.41, 5.74) is 1.10. The van der Waals surface area contributed by atoms with Gasteiger partial charge < -0.3 is 5.32 Å². The van der Waals surface area contributed by atoms with Crippen LogP contribution in [0.2, 0.25) is 0 Å². The summed E-state index contributed by atoms with van der Waals surface area (Å²) < 4.78 is 22.5. The van der Waals surface area contributed by atoms with Crippen molar-refractivity contribution < 1.29 is 8.42 Å². The lowest BCUT2D eigenvalue weighted by Gasteiger charge is -2.31. The predicted octanol–water partition coefficient (Wildman–Crippen LogP) is 2.95. The molecule has 4 nitrogen and oxygen atoms in total. The Bertz CT molecular complexity index is 546. The van der Waals surface area contributed by atoms with Crippen LogP contribution in [0.15, 0.2) is 29.2 Å². The largest absolute Gasteiger partial charge is 0.307 e. The Hall–Kier alpha value is -0.910. The molecule has 0 bridgehead atoms. The second kappa shape index (κ2) is 6.90. The Labute approximate surface area is 128 Å². The van der Waals surface area contributed by atoms with Gasteiger partial charge in [-0.3, -0.25) is 0 Å². The fourth-order valence-corrected chi connectivity index (χ4v) is 3.65. The van der Waals surface area contributed by atoms with Crippen LogP contribution in [0.3, 0.4) is 0 Å². The molecule has 21 heavy (non-hydrogen) atoms. The lowest BCUT2D eigenvalue weighted by Crippen LogP contribution is -2.34. The average Bonchev–Trinajstić information content (AvgIpc) is 2.47. The van der Waals surface area contributed by atoms with Gasteiger partial charge in [-0.05, 0) is 56.2 Å². The molecule has 1 aliphatic rings. The molecule has 0 saturated heterocycles. The van der Waals surface area contributed by atoms with Gasteiger partial charge in [0.25, 0.3) is 0 Å². The van der Waals surface area contributed by atoms with Crippen molar-refractivity contribution in [3.05, 3.63) is 29.8 Å². The molecule has 2 rings (SSSR count). The first-order valence-electron chi connectivity index (χ1n) is 7.79. The molecular weight excluding hydrogens is 284 g/mol. The average molecular weight is 310 g/mol. The van der Waals surface area contributed by atoms with Crippen LogP contribution in [0.1, 0.15) is 57.6 Å². The van der Waals surface area contributed by atoms with Crippen LogP contribution in [0.4, 0.5) is 0 Å². The molecular formula is C16H26N2O2S. The second-order valence-electron chi connectivity index (χ2n) is 6.13. The molecule has 1 atom stereocenters. The molecule has 0 spiro atoms. The van der Waals surface area contributed by atoms with Gasteiger partial charge in [0.15, 0.2) is 0 Å². The molecule has 1 aromatic rings. The third-order valence-electron chi connectivity index (χ3n) is 4.62. The number of hydrogen-bond donors (Lipinski definition) is 2. The van der Waals surface area contributed by atoms with Crippen molar-refractivity contribution in [1.29, 1.82) is 0 Å². The maximum atomic E-state index is 11.3. The van der Waals surface area contributed by atoms with Gasteiger partial charge in [-0.2, -0.15) is 0 Å². The van der Waals surface area contributed by atoms with Crippen molar-refractivity contribution in [3.8, 4) is 0 Å². The molecule has 1 saturated carbocycles. The predicted molar refractivity (Wildman–Crippen MR) is 85.4 cm³/mol. The zero-order chi connectivity index (χ0) is 15.5. The highest BCUT2D eigenvalue weighted by Crippen LogP contribution is 2.28. The fourth-order valence-electron chi connectivity index (χ4n) is 3.13. The number of nitrogens with one attached hydrogen (secondary N) is 1. The lowest BCUT2D eigenvalue weighted by molar-refractivity contribution is 0.273. The summed E-state index contributed by atoms with van der Waals surface area (Å²) in [5, 5.41) is 8.77. The maximum absolute atomic E-state index is 11.3. The van der Waals surface area contributed by atoms with Crippen LogP contribution in [-0.4, -0.2) is 14.5 Å². The Morgan fingerprint density at radius 1 is 1.19 bits per heavy atom. The van der Waals surface area contributed by atoms with Crippen molar-refractivity contribution in [3.63, 3.8) is 0 Å². The molecule has 5 heteroatoms. The summed E-state index contributed by atoms with van der Waals surface area (Å²) >= 11 is 0. The van der Waals surface area contributed by atoms with E-state index < -0.39 is 10.0 Å². The third-order valence-corrected chi connectivity index (χ3v) is 5.55. The molecule has 1 aromatic carbocycles.